The highest BCUT2D eigenvalue weighted by Crippen LogP contribution is 2.18. The fourth-order valence-corrected chi connectivity index (χ4v) is 2.45. The van der Waals surface area contributed by atoms with Gasteiger partial charge in [-0.15, -0.1) is 0 Å². The van der Waals surface area contributed by atoms with Crippen LogP contribution in [0.5, 0.6) is 0 Å². The molecule has 1 N–H and O–H groups in total. The molecule has 0 atom stereocenters. The van der Waals surface area contributed by atoms with E-state index in [0.717, 1.165) is 17.9 Å². The van der Waals surface area contributed by atoms with Crippen LogP contribution in [0.15, 0.2) is 0 Å². The third-order valence-corrected chi connectivity index (χ3v) is 4.21. The van der Waals surface area contributed by atoms with Gasteiger partial charge in [-0.1, -0.05) is 34.1 Å². The third kappa shape index (κ3) is 10.7. The molecule has 1 fully saturated rings. The van der Waals surface area contributed by atoms with Gasteiger partial charge in [-0.2, -0.15) is 0 Å². The highest BCUT2D eigenvalue weighted by Gasteiger charge is 2.19. The summed E-state index contributed by atoms with van der Waals surface area (Å²) in [5, 5.41) is 3.61. The summed E-state index contributed by atoms with van der Waals surface area (Å²) in [4.78, 5) is 2.70. The second-order valence-corrected chi connectivity index (χ2v) is 7.50. The first-order chi connectivity index (χ1) is 9.58. The number of nitrogens with one attached hydrogen (secondary N) is 1. The van der Waals surface area contributed by atoms with Crippen molar-refractivity contribution < 1.29 is 0 Å². The normalized spacial score (nSPS) is 15.8. The number of nitrogens with zero attached hydrogens (tertiary/aromatic N) is 1. The molecule has 0 saturated heterocycles. The standard InChI is InChI=1S/C18H38N2/c1-16(2)10-14-20(15-11-17(3)4)13-7-5-6-12-19-18-8-9-18/h16-19H,5-15H2,1-4H3. The Morgan fingerprint density at radius 1 is 0.850 bits per heavy atom. The number of unbranched alkanes of at least 4 members (excludes halogenated alkanes) is 2. The Morgan fingerprint density at radius 3 is 1.95 bits per heavy atom. The summed E-state index contributed by atoms with van der Waals surface area (Å²) in [7, 11) is 0. The highest BCUT2D eigenvalue weighted by molar-refractivity contribution is 4.80. The number of hydrogen-bond donors (Lipinski definition) is 1. The van der Waals surface area contributed by atoms with E-state index < -0.39 is 0 Å². The van der Waals surface area contributed by atoms with Crippen molar-refractivity contribution in [3.63, 3.8) is 0 Å². The van der Waals surface area contributed by atoms with Crippen LogP contribution in [-0.2, 0) is 0 Å². The van der Waals surface area contributed by atoms with Gasteiger partial charge in [-0.3, -0.25) is 0 Å². The fraction of sp³-hybridized carbons (Fsp3) is 1.00. The largest absolute Gasteiger partial charge is 0.314 e. The van der Waals surface area contributed by atoms with Crippen LogP contribution >= 0.6 is 0 Å². The predicted molar refractivity (Wildman–Crippen MR) is 90.2 cm³/mol. The minimum atomic E-state index is 0.833. The van der Waals surface area contributed by atoms with Gasteiger partial charge < -0.3 is 10.2 Å². The van der Waals surface area contributed by atoms with Crippen molar-refractivity contribution >= 4 is 0 Å². The summed E-state index contributed by atoms with van der Waals surface area (Å²) < 4.78 is 0. The van der Waals surface area contributed by atoms with Crippen LogP contribution in [0.25, 0.3) is 0 Å². The summed E-state index contributed by atoms with van der Waals surface area (Å²) in [6.45, 7) is 14.5. The molecule has 1 aliphatic carbocycles. The zero-order valence-corrected chi connectivity index (χ0v) is 14.5. The first-order valence-corrected chi connectivity index (χ1v) is 9.03. The lowest BCUT2D eigenvalue weighted by molar-refractivity contribution is 0.238. The van der Waals surface area contributed by atoms with Crippen LogP contribution in [0.1, 0.15) is 72.6 Å². The van der Waals surface area contributed by atoms with E-state index in [-0.39, 0.29) is 0 Å². The van der Waals surface area contributed by atoms with Crippen molar-refractivity contribution in [2.24, 2.45) is 11.8 Å². The molecule has 1 saturated carbocycles. The average molecular weight is 283 g/mol. The summed E-state index contributed by atoms with van der Waals surface area (Å²) >= 11 is 0. The molecule has 0 amide bonds. The van der Waals surface area contributed by atoms with Gasteiger partial charge in [0.2, 0.25) is 0 Å². The van der Waals surface area contributed by atoms with Crippen LogP contribution in [-0.4, -0.2) is 37.1 Å². The van der Waals surface area contributed by atoms with E-state index in [1.807, 2.05) is 0 Å². The van der Waals surface area contributed by atoms with E-state index in [4.69, 9.17) is 0 Å². The molecule has 0 unspecified atom stereocenters. The van der Waals surface area contributed by atoms with Crippen LogP contribution < -0.4 is 5.32 Å². The molecule has 1 aliphatic rings. The second kappa shape index (κ2) is 10.6. The topological polar surface area (TPSA) is 15.3 Å². The molecular formula is C18H38N2. The molecule has 2 nitrogen and oxygen atoms in total. The monoisotopic (exact) mass is 282 g/mol. The Labute approximate surface area is 127 Å². The van der Waals surface area contributed by atoms with Crippen molar-refractivity contribution in [3.05, 3.63) is 0 Å². The van der Waals surface area contributed by atoms with Crippen molar-refractivity contribution in [2.75, 3.05) is 26.2 Å². The van der Waals surface area contributed by atoms with Gasteiger partial charge in [-0.05, 0) is 76.5 Å². The molecule has 1 rings (SSSR count). The lowest BCUT2D eigenvalue weighted by Gasteiger charge is -2.24. The van der Waals surface area contributed by atoms with E-state index in [0.29, 0.717) is 0 Å². The molecule has 120 valence electrons. The molecule has 0 bridgehead atoms. The molecule has 0 spiro atoms. The van der Waals surface area contributed by atoms with E-state index >= 15 is 0 Å². The van der Waals surface area contributed by atoms with Crippen LogP contribution in [0.4, 0.5) is 0 Å². The van der Waals surface area contributed by atoms with Crippen molar-refractivity contribution in [3.8, 4) is 0 Å². The highest BCUT2D eigenvalue weighted by atomic mass is 15.1. The summed E-state index contributed by atoms with van der Waals surface area (Å²) in [5.74, 6) is 1.67. The second-order valence-electron chi connectivity index (χ2n) is 7.50. The Kier molecular flexibility index (Phi) is 9.54. The minimum absolute atomic E-state index is 0.833. The van der Waals surface area contributed by atoms with Crippen LogP contribution in [0.2, 0.25) is 0 Å². The minimum Gasteiger partial charge on any atom is -0.314 e. The fourth-order valence-electron chi connectivity index (χ4n) is 2.45. The Balaban J connectivity index is 2.03. The SMILES string of the molecule is CC(C)CCN(CCCCCNC1CC1)CCC(C)C. The van der Waals surface area contributed by atoms with Crippen molar-refractivity contribution in [1.82, 2.24) is 10.2 Å². The summed E-state index contributed by atoms with van der Waals surface area (Å²) in [5.41, 5.74) is 0. The first kappa shape index (κ1) is 18.0. The van der Waals surface area contributed by atoms with Crippen LogP contribution in [0.3, 0.4) is 0 Å². The zero-order valence-electron chi connectivity index (χ0n) is 14.5. The van der Waals surface area contributed by atoms with Crippen molar-refractivity contribution in [1.29, 1.82) is 0 Å². The lowest BCUT2D eigenvalue weighted by Crippen LogP contribution is -2.29. The van der Waals surface area contributed by atoms with E-state index in [1.165, 1.54) is 71.1 Å². The summed E-state index contributed by atoms with van der Waals surface area (Å²) in [6, 6.07) is 0.878. The zero-order chi connectivity index (χ0) is 14.8. The Morgan fingerprint density at radius 2 is 1.45 bits per heavy atom. The molecule has 2 heteroatoms. The molecule has 0 radical (unpaired) electrons. The molecule has 0 aliphatic heterocycles. The van der Waals surface area contributed by atoms with Crippen molar-refractivity contribution in [2.45, 2.75) is 78.7 Å². The molecule has 0 aromatic heterocycles. The molecule has 0 aromatic carbocycles. The predicted octanol–water partition coefficient (Wildman–Crippen LogP) is 4.30. The molecule has 20 heavy (non-hydrogen) atoms. The van der Waals surface area contributed by atoms with Gasteiger partial charge in [0.15, 0.2) is 0 Å². The van der Waals surface area contributed by atoms with E-state index in [1.54, 1.807) is 0 Å². The number of hydrogen-bond acceptors (Lipinski definition) is 2. The van der Waals surface area contributed by atoms with Gasteiger partial charge in [-0.25, -0.2) is 0 Å². The van der Waals surface area contributed by atoms with E-state index in [9.17, 15) is 0 Å². The lowest BCUT2D eigenvalue weighted by atomic mass is 10.1. The van der Waals surface area contributed by atoms with E-state index in [2.05, 4.69) is 37.9 Å². The quantitative estimate of drug-likeness (QED) is 0.507. The van der Waals surface area contributed by atoms with Gasteiger partial charge >= 0.3 is 0 Å². The maximum absolute atomic E-state index is 3.61. The van der Waals surface area contributed by atoms with Crippen LogP contribution in [0, 0.1) is 11.8 Å². The molecular weight excluding hydrogens is 244 g/mol. The Hall–Kier alpha value is -0.0800. The maximum atomic E-state index is 3.61. The Bertz CT molecular complexity index is 209. The number of rotatable bonds is 13. The van der Waals surface area contributed by atoms with Gasteiger partial charge in [0, 0.05) is 6.04 Å². The maximum Gasteiger partial charge on any atom is 0.00682 e. The van der Waals surface area contributed by atoms with Gasteiger partial charge in [0.05, 0.1) is 0 Å². The molecule has 0 heterocycles. The average Bonchev–Trinajstić information content (AvgIpc) is 3.19. The molecule has 0 aromatic rings. The first-order valence-electron chi connectivity index (χ1n) is 9.03. The van der Waals surface area contributed by atoms with Gasteiger partial charge in [0.1, 0.15) is 0 Å². The van der Waals surface area contributed by atoms with Gasteiger partial charge in [0.25, 0.3) is 0 Å². The summed E-state index contributed by atoms with van der Waals surface area (Å²) in [6.07, 6.45) is 9.65. The smallest absolute Gasteiger partial charge is 0.00682 e. The third-order valence-electron chi connectivity index (χ3n) is 4.21.